The Kier molecular flexibility index (Phi) is 8.05. The van der Waals surface area contributed by atoms with E-state index in [4.69, 9.17) is 0 Å². The van der Waals surface area contributed by atoms with Crippen molar-refractivity contribution in [3.63, 3.8) is 0 Å². The monoisotopic (exact) mass is 505 g/mol. The second kappa shape index (κ2) is 11.4. The van der Waals surface area contributed by atoms with E-state index in [0.717, 1.165) is 35.6 Å². The smallest absolute Gasteiger partial charge is 0.264 e. The number of sulfonamides is 1. The van der Waals surface area contributed by atoms with Gasteiger partial charge in [0.2, 0.25) is 5.91 Å². The predicted molar refractivity (Wildman–Crippen MR) is 142 cm³/mol. The Morgan fingerprint density at radius 3 is 2.19 bits per heavy atom. The number of nitrogens with one attached hydrogen (secondary N) is 2. The van der Waals surface area contributed by atoms with Crippen molar-refractivity contribution < 1.29 is 18.0 Å². The predicted octanol–water partition coefficient (Wildman–Crippen LogP) is 4.89. The van der Waals surface area contributed by atoms with Crippen LogP contribution in [-0.4, -0.2) is 32.8 Å². The first-order valence-electron chi connectivity index (χ1n) is 12.2. The Morgan fingerprint density at radius 2 is 1.50 bits per heavy atom. The van der Waals surface area contributed by atoms with Crippen LogP contribution in [-0.2, 0) is 14.8 Å². The van der Waals surface area contributed by atoms with E-state index in [0.29, 0.717) is 16.9 Å². The molecule has 3 aromatic rings. The van der Waals surface area contributed by atoms with Crippen LogP contribution >= 0.6 is 0 Å². The maximum atomic E-state index is 13.5. The first-order chi connectivity index (χ1) is 17.3. The third-order valence-corrected chi connectivity index (χ3v) is 8.11. The van der Waals surface area contributed by atoms with Gasteiger partial charge in [0.15, 0.2) is 0 Å². The summed E-state index contributed by atoms with van der Waals surface area (Å²) in [6.45, 7) is 1.43. The van der Waals surface area contributed by atoms with E-state index in [1.54, 1.807) is 66.7 Å². The zero-order chi connectivity index (χ0) is 25.5. The molecule has 0 radical (unpaired) electrons. The number of rotatable bonds is 8. The molecule has 1 fully saturated rings. The highest BCUT2D eigenvalue weighted by molar-refractivity contribution is 7.92. The van der Waals surface area contributed by atoms with Gasteiger partial charge in [-0.05, 0) is 56.2 Å². The van der Waals surface area contributed by atoms with E-state index < -0.39 is 22.5 Å². The number of benzene rings is 3. The van der Waals surface area contributed by atoms with Crippen molar-refractivity contribution in [2.24, 2.45) is 0 Å². The molecule has 1 aliphatic carbocycles. The summed E-state index contributed by atoms with van der Waals surface area (Å²) in [5.41, 5.74) is 2.00. The largest absolute Gasteiger partial charge is 0.349 e. The fourth-order valence-corrected chi connectivity index (χ4v) is 5.79. The Hall–Kier alpha value is -3.65. The van der Waals surface area contributed by atoms with Crippen molar-refractivity contribution in [3.05, 3.63) is 90.0 Å². The molecular weight excluding hydrogens is 474 g/mol. The van der Waals surface area contributed by atoms with Gasteiger partial charge >= 0.3 is 0 Å². The maximum Gasteiger partial charge on any atom is 0.264 e. The van der Waals surface area contributed by atoms with Crippen LogP contribution in [0.15, 0.2) is 83.8 Å². The van der Waals surface area contributed by atoms with Gasteiger partial charge in [0.25, 0.3) is 15.9 Å². The summed E-state index contributed by atoms with van der Waals surface area (Å²) in [6.07, 6.45) is 5.26. The van der Waals surface area contributed by atoms with Crippen LogP contribution in [0.5, 0.6) is 0 Å². The van der Waals surface area contributed by atoms with Gasteiger partial charge in [-0.15, -0.1) is 0 Å². The Labute approximate surface area is 212 Å². The van der Waals surface area contributed by atoms with Crippen molar-refractivity contribution in [3.8, 4) is 0 Å². The first-order valence-corrected chi connectivity index (χ1v) is 13.6. The van der Waals surface area contributed by atoms with E-state index >= 15 is 0 Å². The number of anilines is 2. The third kappa shape index (κ3) is 6.12. The third-order valence-electron chi connectivity index (χ3n) is 6.33. The zero-order valence-electron chi connectivity index (χ0n) is 20.3. The van der Waals surface area contributed by atoms with Gasteiger partial charge in [-0.25, -0.2) is 8.42 Å². The summed E-state index contributed by atoms with van der Waals surface area (Å²) in [4.78, 5) is 26.2. The number of carbonyl (C=O) groups is 2. The van der Waals surface area contributed by atoms with Crippen molar-refractivity contribution in [2.45, 2.75) is 50.0 Å². The lowest BCUT2D eigenvalue weighted by molar-refractivity contribution is -0.114. The van der Waals surface area contributed by atoms with Gasteiger partial charge < -0.3 is 10.6 Å². The summed E-state index contributed by atoms with van der Waals surface area (Å²) in [7, 11) is -4.01. The molecule has 2 N–H and O–H groups in total. The van der Waals surface area contributed by atoms with Gasteiger partial charge in [-0.2, -0.15) is 0 Å². The van der Waals surface area contributed by atoms with Gasteiger partial charge in [0, 0.05) is 6.04 Å². The number of amides is 2. The summed E-state index contributed by atoms with van der Waals surface area (Å²) >= 11 is 0. The van der Waals surface area contributed by atoms with Gasteiger partial charge in [0.1, 0.15) is 6.54 Å². The number of carbonyl (C=O) groups excluding carboxylic acids is 2. The molecule has 2 amide bonds. The molecule has 8 heteroatoms. The topological polar surface area (TPSA) is 95.6 Å². The fourth-order valence-electron chi connectivity index (χ4n) is 4.37. The van der Waals surface area contributed by atoms with Crippen molar-refractivity contribution >= 4 is 33.2 Å². The highest BCUT2D eigenvalue weighted by Crippen LogP contribution is 2.25. The molecule has 36 heavy (non-hydrogen) atoms. The lowest BCUT2D eigenvalue weighted by Gasteiger charge is -2.25. The molecule has 7 nitrogen and oxygen atoms in total. The van der Waals surface area contributed by atoms with E-state index in [9.17, 15) is 18.0 Å². The number of hydrogen-bond acceptors (Lipinski definition) is 4. The van der Waals surface area contributed by atoms with Crippen LogP contribution in [0.3, 0.4) is 0 Å². The van der Waals surface area contributed by atoms with Gasteiger partial charge in [-0.1, -0.05) is 67.3 Å². The molecule has 0 bridgehead atoms. The Balaban J connectivity index is 1.55. The minimum absolute atomic E-state index is 0.0945. The maximum absolute atomic E-state index is 13.5. The average Bonchev–Trinajstić information content (AvgIpc) is 2.89. The summed E-state index contributed by atoms with van der Waals surface area (Å²) in [5.74, 6) is -0.794. The lowest BCUT2D eigenvalue weighted by Crippen LogP contribution is -2.39. The van der Waals surface area contributed by atoms with Crippen LogP contribution in [0.25, 0.3) is 0 Å². The van der Waals surface area contributed by atoms with Crippen molar-refractivity contribution in [2.75, 3.05) is 16.2 Å². The quantitative estimate of drug-likeness (QED) is 0.456. The molecule has 0 heterocycles. The summed E-state index contributed by atoms with van der Waals surface area (Å²) < 4.78 is 28.1. The lowest BCUT2D eigenvalue weighted by atomic mass is 9.95. The number of para-hydroxylation sites is 2. The van der Waals surface area contributed by atoms with Crippen LogP contribution in [0, 0.1) is 6.92 Å². The molecule has 0 spiro atoms. The number of nitrogens with zero attached hydrogens (tertiary/aromatic N) is 1. The molecule has 0 aliphatic heterocycles. The highest BCUT2D eigenvalue weighted by atomic mass is 32.2. The molecule has 188 valence electrons. The van der Waals surface area contributed by atoms with Gasteiger partial charge in [0.05, 0.1) is 21.8 Å². The molecule has 1 saturated carbocycles. The van der Waals surface area contributed by atoms with E-state index in [1.165, 1.54) is 18.6 Å². The molecule has 0 atom stereocenters. The molecule has 3 aromatic carbocycles. The molecule has 0 saturated heterocycles. The van der Waals surface area contributed by atoms with E-state index in [-0.39, 0.29) is 16.8 Å². The van der Waals surface area contributed by atoms with E-state index in [2.05, 4.69) is 10.6 Å². The summed E-state index contributed by atoms with van der Waals surface area (Å²) in [6, 6.07) is 21.9. The Bertz CT molecular complexity index is 1300. The SMILES string of the molecule is Cc1ccc(S(=O)(=O)N(CC(=O)Nc2ccccc2C(=O)NC2CCCCC2)c2ccccc2)cc1. The number of aryl methyl sites for hydroxylation is 1. The van der Waals surface area contributed by atoms with Crippen LogP contribution < -0.4 is 14.9 Å². The number of hydrogen-bond donors (Lipinski definition) is 2. The van der Waals surface area contributed by atoms with Crippen LogP contribution in [0.1, 0.15) is 48.0 Å². The summed E-state index contributed by atoms with van der Waals surface area (Å²) in [5, 5.41) is 5.82. The molecule has 4 rings (SSSR count). The standard InChI is InChI=1S/C28H31N3O4S/c1-21-16-18-24(19-17-21)36(34,35)31(23-12-6-3-7-13-23)20-27(32)30-26-15-9-8-14-25(26)28(33)29-22-10-4-2-5-11-22/h3,6-9,12-19,22H,2,4-5,10-11,20H2,1H3,(H,29,33)(H,30,32). The first kappa shape index (κ1) is 25.4. The minimum atomic E-state index is -4.01. The minimum Gasteiger partial charge on any atom is -0.349 e. The second-order valence-corrected chi connectivity index (χ2v) is 10.9. The highest BCUT2D eigenvalue weighted by Gasteiger charge is 2.28. The fraction of sp³-hybridized carbons (Fsp3) is 0.286. The second-order valence-electron chi connectivity index (χ2n) is 9.06. The zero-order valence-corrected chi connectivity index (χ0v) is 21.1. The van der Waals surface area contributed by atoms with Crippen LogP contribution in [0.4, 0.5) is 11.4 Å². The molecule has 1 aliphatic rings. The normalized spacial score (nSPS) is 14.1. The van der Waals surface area contributed by atoms with E-state index in [1.807, 2.05) is 6.92 Å². The molecule has 0 unspecified atom stereocenters. The van der Waals surface area contributed by atoms with Crippen molar-refractivity contribution in [1.82, 2.24) is 5.32 Å². The van der Waals surface area contributed by atoms with Crippen LogP contribution in [0.2, 0.25) is 0 Å². The Morgan fingerprint density at radius 1 is 0.861 bits per heavy atom. The van der Waals surface area contributed by atoms with Crippen molar-refractivity contribution in [1.29, 1.82) is 0 Å². The average molecular weight is 506 g/mol. The molecule has 0 aromatic heterocycles. The molecular formula is C28H31N3O4S. The van der Waals surface area contributed by atoms with Gasteiger partial charge in [-0.3, -0.25) is 13.9 Å².